The van der Waals surface area contributed by atoms with Gasteiger partial charge in [0.25, 0.3) is 0 Å². The van der Waals surface area contributed by atoms with Crippen molar-refractivity contribution in [3.05, 3.63) is 218 Å². The van der Waals surface area contributed by atoms with Crippen LogP contribution in [0.1, 0.15) is 0 Å². The number of hydrogen-bond acceptors (Lipinski definition) is 0. The normalized spacial score (nSPS) is 12.0. The first-order valence-electron chi connectivity index (χ1n) is 20.8. The highest BCUT2D eigenvalue weighted by molar-refractivity contribution is 6.25. The third kappa shape index (κ3) is 4.88. The summed E-state index contributed by atoms with van der Waals surface area (Å²) in [6.45, 7) is 0. The minimum absolute atomic E-state index is 1.15. The summed E-state index contributed by atoms with van der Waals surface area (Å²) in [6.07, 6.45) is 0. The Hall–Kier alpha value is -7.94. The number of nitrogens with zero attached hydrogens (tertiary/aromatic N) is 2. The van der Waals surface area contributed by atoms with Crippen LogP contribution in [0.15, 0.2) is 218 Å². The SMILES string of the molecule is c1cc(-c2ccc3c4ccccc4c4ccccc4c3c2)cc(-n2c3ccccc3c3cc(-c4ccc5c(c4)c4ccccc4n5-c4ccc5ccccc5c4)ccc32)c1. The number of para-hydroxylation sites is 2. The molecule has 0 atom stereocenters. The second-order valence-corrected chi connectivity index (χ2v) is 16.1. The molecule has 2 heteroatoms. The fourth-order valence-electron chi connectivity index (χ4n) is 10.1. The Bertz CT molecular complexity index is 3860. The second kappa shape index (κ2) is 12.8. The number of hydrogen-bond donors (Lipinski definition) is 0. The standard InChI is InChI=1S/C58H36N2/c1-2-13-38-32-44(28-24-37(38)12-1)60-56-23-10-8-21-51(56)54-36-42(27-31-58(54)60)41-26-30-57-53(35-41)50-20-7-9-22-55(50)59(57)43-15-11-14-39(33-43)40-25-29-49-47-18-4-3-16-45(47)46-17-5-6-19-48(46)52(49)34-40/h1-36H. The quantitative estimate of drug-likeness (QED) is 0.158. The molecular formula is C58H36N2. The molecule has 2 nitrogen and oxygen atoms in total. The van der Waals surface area contributed by atoms with E-state index in [0.717, 1.165) is 5.69 Å². The van der Waals surface area contributed by atoms with Crippen LogP contribution in [0.3, 0.4) is 0 Å². The molecule has 2 heterocycles. The lowest BCUT2D eigenvalue weighted by Gasteiger charge is -2.13. The van der Waals surface area contributed by atoms with Crippen molar-refractivity contribution in [2.45, 2.75) is 0 Å². The van der Waals surface area contributed by atoms with Gasteiger partial charge >= 0.3 is 0 Å². The Kier molecular flexibility index (Phi) is 7.05. The summed E-state index contributed by atoms with van der Waals surface area (Å²) in [5, 5.41) is 15.3. The number of benzene rings is 11. The van der Waals surface area contributed by atoms with Crippen molar-refractivity contribution >= 4 is 86.7 Å². The summed E-state index contributed by atoms with van der Waals surface area (Å²) >= 11 is 0. The van der Waals surface area contributed by atoms with E-state index in [1.807, 2.05) is 0 Å². The summed E-state index contributed by atoms with van der Waals surface area (Å²) < 4.78 is 4.84. The van der Waals surface area contributed by atoms with E-state index >= 15 is 0 Å². The van der Waals surface area contributed by atoms with Crippen LogP contribution < -0.4 is 0 Å². The van der Waals surface area contributed by atoms with Crippen LogP contribution >= 0.6 is 0 Å². The third-order valence-electron chi connectivity index (χ3n) is 12.9. The van der Waals surface area contributed by atoms with Crippen molar-refractivity contribution in [1.29, 1.82) is 0 Å². The zero-order valence-corrected chi connectivity index (χ0v) is 32.7. The van der Waals surface area contributed by atoms with Gasteiger partial charge in [-0.15, -0.1) is 0 Å². The highest BCUT2D eigenvalue weighted by Crippen LogP contribution is 2.41. The molecule has 0 radical (unpaired) electrons. The van der Waals surface area contributed by atoms with Crippen molar-refractivity contribution in [3.63, 3.8) is 0 Å². The van der Waals surface area contributed by atoms with Gasteiger partial charge in [0.1, 0.15) is 0 Å². The predicted molar refractivity (Wildman–Crippen MR) is 256 cm³/mol. The molecule has 0 fully saturated rings. The van der Waals surface area contributed by atoms with Gasteiger partial charge in [0.2, 0.25) is 0 Å². The Balaban J connectivity index is 0.941. The monoisotopic (exact) mass is 760 g/mol. The van der Waals surface area contributed by atoms with Crippen LogP contribution in [-0.4, -0.2) is 9.13 Å². The maximum absolute atomic E-state index is 2.43. The molecule has 11 aromatic carbocycles. The largest absolute Gasteiger partial charge is 0.309 e. The Morgan fingerprint density at radius 1 is 0.200 bits per heavy atom. The van der Waals surface area contributed by atoms with Gasteiger partial charge in [-0.3, -0.25) is 0 Å². The molecule has 2 aromatic heterocycles. The van der Waals surface area contributed by atoms with Crippen LogP contribution in [0, 0.1) is 0 Å². The molecular weight excluding hydrogens is 725 g/mol. The Morgan fingerprint density at radius 3 is 1.22 bits per heavy atom. The number of aromatic nitrogens is 2. The van der Waals surface area contributed by atoms with E-state index in [4.69, 9.17) is 0 Å². The first-order chi connectivity index (χ1) is 29.7. The number of fused-ring (bicyclic) bond motifs is 13. The first kappa shape index (κ1) is 33.1. The minimum Gasteiger partial charge on any atom is -0.309 e. The fourth-order valence-corrected chi connectivity index (χ4v) is 10.1. The molecule has 0 bridgehead atoms. The molecule has 60 heavy (non-hydrogen) atoms. The van der Waals surface area contributed by atoms with E-state index in [9.17, 15) is 0 Å². The van der Waals surface area contributed by atoms with Gasteiger partial charge in [-0.05, 0) is 132 Å². The fraction of sp³-hybridized carbons (Fsp3) is 0. The lowest BCUT2D eigenvalue weighted by molar-refractivity contribution is 1.18. The van der Waals surface area contributed by atoms with Crippen molar-refractivity contribution in [2.24, 2.45) is 0 Å². The van der Waals surface area contributed by atoms with E-state index in [1.165, 1.54) is 115 Å². The third-order valence-corrected chi connectivity index (χ3v) is 12.9. The smallest absolute Gasteiger partial charge is 0.0541 e. The van der Waals surface area contributed by atoms with Crippen molar-refractivity contribution in [3.8, 4) is 33.6 Å². The zero-order chi connectivity index (χ0) is 39.3. The van der Waals surface area contributed by atoms with Crippen LogP contribution in [-0.2, 0) is 0 Å². The van der Waals surface area contributed by atoms with Crippen LogP contribution in [0.4, 0.5) is 0 Å². The first-order valence-corrected chi connectivity index (χ1v) is 20.8. The van der Waals surface area contributed by atoms with E-state index in [-0.39, 0.29) is 0 Å². The topological polar surface area (TPSA) is 9.86 Å². The van der Waals surface area contributed by atoms with Gasteiger partial charge in [0, 0.05) is 32.9 Å². The molecule has 0 saturated carbocycles. The molecule has 0 unspecified atom stereocenters. The summed E-state index contributed by atoms with van der Waals surface area (Å²) in [5.74, 6) is 0. The average molecular weight is 761 g/mol. The predicted octanol–water partition coefficient (Wildman–Crippen LogP) is 15.8. The zero-order valence-electron chi connectivity index (χ0n) is 32.7. The summed E-state index contributed by atoms with van der Waals surface area (Å²) in [7, 11) is 0. The van der Waals surface area contributed by atoms with E-state index in [1.54, 1.807) is 0 Å². The van der Waals surface area contributed by atoms with Crippen LogP contribution in [0.5, 0.6) is 0 Å². The van der Waals surface area contributed by atoms with Gasteiger partial charge in [-0.1, -0.05) is 152 Å². The van der Waals surface area contributed by atoms with Gasteiger partial charge in [-0.2, -0.15) is 0 Å². The summed E-state index contributed by atoms with van der Waals surface area (Å²) in [4.78, 5) is 0. The molecule has 0 saturated heterocycles. The molecule has 278 valence electrons. The minimum atomic E-state index is 1.15. The maximum atomic E-state index is 2.43. The van der Waals surface area contributed by atoms with Crippen molar-refractivity contribution in [2.75, 3.05) is 0 Å². The van der Waals surface area contributed by atoms with Crippen molar-refractivity contribution < 1.29 is 0 Å². The van der Waals surface area contributed by atoms with Crippen LogP contribution in [0.25, 0.3) is 120 Å². The number of rotatable bonds is 4. The molecule has 0 aliphatic carbocycles. The summed E-state index contributed by atoms with van der Waals surface area (Å²) in [5.41, 5.74) is 12.0. The van der Waals surface area contributed by atoms with Crippen LogP contribution in [0.2, 0.25) is 0 Å². The van der Waals surface area contributed by atoms with E-state index in [0.29, 0.717) is 0 Å². The average Bonchev–Trinajstić information content (AvgIpc) is 3.83. The lowest BCUT2D eigenvalue weighted by Crippen LogP contribution is -1.94. The molecule has 0 amide bonds. The van der Waals surface area contributed by atoms with Crippen molar-refractivity contribution in [1.82, 2.24) is 9.13 Å². The van der Waals surface area contributed by atoms with Gasteiger partial charge in [0.15, 0.2) is 0 Å². The van der Waals surface area contributed by atoms with E-state index < -0.39 is 0 Å². The van der Waals surface area contributed by atoms with E-state index in [2.05, 4.69) is 228 Å². The highest BCUT2D eigenvalue weighted by Gasteiger charge is 2.17. The molecule has 0 N–H and O–H groups in total. The van der Waals surface area contributed by atoms with Gasteiger partial charge < -0.3 is 9.13 Å². The summed E-state index contributed by atoms with van der Waals surface area (Å²) in [6, 6.07) is 80.6. The lowest BCUT2D eigenvalue weighted by atomic mass is 9.92. The Labute approximate surface area is 346 Å². The molecule has 13 aromatic rings. The maximum Gasteiger partial charge on any atom is 0.0541 e. The molecule has 0 aliphatic heterocycles. The van der Waals surface area contributed by atoms with Gasteiger partial charge in [-0.25, -0.2) is 0 Å². The second-order valence-electron chi connectivity index (χ2n) is 16.1. The Morgan fingerprint density at radius 2 is 0.617 bits per heavy atom. The molecule has 13 rings (SSSR count). The van der Waals surface area contributed by atoms with Gasteiger partial charge in [0.05, 0.1) is 22.1 Å². The molecule has 0 spiro atoms. The molecule has 0 aliphatic rings. The highest BCUT2D eigenvalue weighted by atomic mass is 15.0.